The van der Waals surface area contributed by atoms with Gasteiger partial charge >= 0.3 is 0 Å². The summed E-state index contributed by atoms with van der Waals surface area (Å²) in [6.45, 7) is 29.5. The highest BCUT2D eigenvalue weighted by Gasteiger charge is 2.38. The third-order valence-corrected chi connectivity index (χ3v) is 9.13. The van der Waals surface area contributed by atoms with Gasteiger partial charge in [-0.05, 0) is 94.4 Å². The Hall–Kier alpha value is -0.175. The molecule has 0 saturated carbocycles. The van der Waals surface area contributed by atoms with Crippen molar-refractivity contribution in [2.24, 2.45) is 16.9 Å². The first-order valence-corrected chi connectivity index (χ1v) is 16.4. The lowest BCUT2D eigenvalue weighted by atomic mass is 9.77. The van der Waals surface area contributed by atoms with Gasteiger partial charge in [0, 0.05) is 35.8 Å². The van der Waals surface area contributed by atoms with E-state index in [0.717, 1.165) is 51.4 Å². The molecule has 8 atom stereocenters. The Bertz CT molecular complexity index is 689. The van der Waals surface area contributed by atoms with E-state index in [2.05, 4.69) is 84.0 Å². The van der Waals surface area contributed by atoms with Crippen LogP contribution in [-0.2, 0) is 18.9 Å². The second kappa shape index (κ2) is 17.2. The highest BCUT2D eigenvalue weighted by Crippen LogP contribution is 2.37. The molecule has 0 aromatic heterocycles. The average molecular weight is 571 g/mol. The lowest BCUT2D eigenvalue weighted by Gasteiger charge is -2.42. The van der Waals surface area contributed by atoms with E-state index in [1.54, 1.807) is 0 Å². The molecule has 0 spiro atoms. The molecule has 0 bridgehead atoms. The molecule has 0 aliphatic carbocycles. The van der Waals surface area contributed by atoms with Gasteiger partial charge in [-0.2, -0.15) is 0 Å². The molecule has 0 aliphatic heterocycles. The number of nitrogens with two attached hydrogens (primary N) is 2. The summed E-state index contributed by atoms with van der Waals surface area (Å²) >= 11 is 0. The molecule has 0 fully saturated rings. The van der Waals surface area contributed by atoms with Gasteiger partial charge in [-0.15, -0.1) is 0 Å². The lowest BCUT2D eigenvalue weighted by Crippen LogP contribution is -2.49. The second-order valence-corrected chi connectivity index (χ2v) is 14.7. The number of ether oxygens (including phenoxy) is 4. The Morgan fingerprint density at radius 2 is 1.12 bits per heavy atom. The molecule has 0 saturated heterocycles. The first kappa shape index (κ1) is 39.8. The maximum atomic E-state index is 6.85. The summed E-state index contributed by atoms with van der Waals surface area (Å²) in [5, 5.41) is 0. The summed E-state index contributed by atoms with van der Waals surface area (Å²) in [7, 11) is 2.07. The SMILES string of the molecule is BC(C)(OC(C)CC(C)(CC)OCC(CC)(CCCC)COC(C)(CC)CC(C)OC(C)(C)CC(C)N)C(C)N. The molecule has 0 rings (SSSR count). The number of hydrogen-bond donors (Lipinski definition) is 2. The van der Waals surface area contributed by atoms with Crippen molar-refractivity contribution in [1.29, 1.82) is 0 Å². The van der Waals surface area contributed by atoms with Crippen LogP contribution in [0.2, 0.25) is 0 Å². The van der Waals surface area contributed by atoms with E-state index < -0.39 is 0 Å². The van der Waals surface area contributed by atoms with Crippen molar-refractivity contribution < 1.29 is 18.9 Å². The Morgan fingerprint density at radius 1 is 0.675 bits per heavy atom. The zero-order valence-electron chi connectivity index (χ0n) is 29.4. The molecule has 0 radical (unpaired) electrons. The summed E-state index contributed by atoms with van der Waals surface area (Å²) in [6, 6.07) is 0.0674. The highest BCUT2D eigenvalue weighted by atomic mass is 16.5. The number of hydrogen-bond acceptors (Lipinski definition) is 6. The van der Waals surface area contributed by atoms with Crippen molar-refractivity contribution >= 4 is 7.85 Å². The van der Waals surface area contributed by atoms with Crippen LogP contribution in [-0.4, -0.2) is 67.7 Å². The van der Waals surface area contributed by atoms with Crippen molar-refractivity contribution in [3.05, 3.63) is 0 Å². The van der Waals surface area contributed by atoms with Gasteiger partial charge in [0.1, 0.15) is 7.85 Å². The summed E-state index contributed by atoms with van der Waals surface area (Å²) in [5.41, 5.74) is 11.0. The standard InChI is InChI=1S/C33H71BN2O4/c1-14-18-19-33(17-4,24-38-31(12,16-3)22-27(7)40-32(13,34)28(8)36)23-37-30(11,15-2)21-26(6)39-29(9,10)20-25(5)35/h25-28H,14-24,34-36H2,1-13H3. The van der Waals surface area contributed by atoms with Crippen LogP contribution >= 0.6 is 0 Å². The Labute approximate surface area is 251 Å². The third kappa shape index (κ3) is 14.8. The van der Waals surface area contributed by atoms with Crippen molar-refractivity contribution in [3.8, 4) is 0 Å². The molecule has 4 N–H and O–H groups in total. The summed E-state index contributed by atoms with van der Waals surface area (Å²) < 4.78 is 26.5. The van der Waals surface area contributed by atoms with Gasteiger partial charge in [0.2, 0.25) is 0 Å². The molecule has 0 heterocycles. The van der Waals surface area contributed by atoms with E-state index >= 15 is 0 Å². The highest BCUT2D eigenvalue weighted by molar-refractivity contribution is 6.14. The fourth-order valence-corrected chi connectivity index (χ4v) is 5.68. The molecule has 240 valence electrons. The van der Waals surface area contributed by atoms with Crippen LogP contribution in [0.25, 0.3) is 0 Å². The molecule has 6 nitrogen and oxygen atoms in total. The molecule has 0 amide bonds. The van der Waals surface area contributed by atoms with Crippen molar-refractivity contribution in [3.63, 3.8) is 0 Å². The van der Waals surface area contributed by atoms with E-state index in [1.807, 2.05) is 13.8 Å². The maximum Gasteiger partial charge on any atom is 0.144 e. The van der Waals surface area contributed by atoms with E-state index in [9.17, 15) is 0 Å². The third-order valence-electron chi connectivity index (χ3n) is 9.13. The fourth-order valence-electron chi connectivity index (χ4n) is 5.68. The molecule has 0 aliphatic rings. The monoisotopic (exact) mass is 571 g/mol. The van der Waals surface area contributed by atoms with E-state index in [-0.39, 0.29) is 52.0 Å². The van der Waals surface area contributed by atoms with Crippen molar-refractivity contribution in [1.82, 2.24) is 0 Å². The van der Waals surface area contributed by atoms with Crippen LogP contribution in [0.15, 0.2) is 0 Å². The maximum absolute atomic E-state index is 6.85. The molecule has 7 heteroatoms. The minimum atomic E-state index is -0.376. The van der Waals surface area contributed by atoms with Crippen LogP contribution in [0.5, 0.6) is 0 Å². The van der Waals surface area contributed by atoms with Gasteiger partial charge in [0.05, 0.1) is 42.2 Å². The Morgan fingerprint density at radius 3 is 1.48 bits per heavy atom. The van der Waals surface area contributed by atoms with Crippen LogP contribution in [0, 0.1) is 5.41 Å². The van der Waals surface area contributed by atoms with E-state index in [0.29, 0.717) is 13.2 Å². The predicted octanol–water partition coefficient (Wildman–Crippen LogP) is 6.75. The summed E-state index contributed by atoms with van der Waals surface area (Å²) in [4.78, 5) is 0. The summed E-state index contributed by atoms with van der Waals surface area (Å²) in [6.07, 6.45) is 8.92. The molecule has 0 aromatic rings. The molecule has 40 heavy (non-hydrogen) atoms. The van der Waals surface area contributed by atoms with Gasteiger partial charge in [-0.3, -0.25) is 0 Å². The van der Waals surface area contributed by atoms with E-state index in [1.165, 1.54) is 6.42 Å². The lowest BCUT2D eigenvalue weighted by molar-refractivity contribution is -0.159. The van der Waals surface area contributed by atoms with Gasteiger partial charge in [-0.1, -0.05) is 40.5 Å². The average Bonchev–Trinajstić information content (AvgIpc) is 2.82. The Balaban J connectivity index is 5.56. The van der Waals surface area contributed by atoms with Crippen LogP contribution in [0.3, 0.4) is 0 Å². The van der Waals surface area contributed by atoms with Gasteiger partial charge < -0.3 is 30.4 Å². The predicted molar refractivity (Wildman–Crippen MR) is 175 cm³/mol. The zero-order chi connectivity index (χ0) is 31.4. The number of unbranched alkanes of at least 4 members (excludes halogenated alkanes) is 1. The van der Waals surface area contributed by atoms with Gasteiger partial charge in [-0.25, -0.2) is 0 Å². The van der Waals surface area contributed by atoms with Crippen LogP contribution < -0.4 is 11.5 Å². The van der Waals surface area contributed by atoms with Gasteiger partial charge in [0.25, 0.3) is 0 Å². The fraction of sp³-hybridized carbons (Fsp3) is 1.00. The minimum Gasteiger partial charge on any atom is -0.380 e. The molecule has 0 aromatic carbocycles. The normalized spacial score (nSPS) is 21.9. The Kier molecular flexibility index (Phi) is 17.1. The number of rotatable bonds is 23. The minimum absolute atomic E-state index is 0.0314. The van der Waals surface area contributed by atoms with Crippen LogP contribution in [0.4, 0.5) is 0 Å². The first-order valence-electron chi connectivity index (χ1n) is 16.4. The zero-order valence-corrected chi connectivity index (χ0v) is 29.4. The molecule has 8 unspecified atom stereocenters. The van der Waals surface area contributed by atoms with Gasteiger partial charge in [0.15, 0.2) is 0 Å². The second-order valence-electron chi connectivity index (χ2n) is 14.7. The largest absolute Gasteiger partial charge is 0.380 e. The molecular weight excluding hydrogens is 499 g/mol. The van der Waals surface area contributed by atoms with E-state index in [4.69, 9.17) is 30.4 Å². The topological polar surface area (TPSA) is 89.0 Å². The van der Waals surface area contributed by atoms with Crippen LogP contribution in [0.1, 0.15) is 148 Å². The molecular formula is C33H71BN2O4. The smallest absolute Gasteiger partial charge is 0.144 e. The quantitative estimate of drug-likeness (QED) is 0.132. The van der Waals surface area contributed by atoms with Crippen molar-refractivity contribution in [2.45, 2.75) is 194 Å². The summed E-state index contributed by atoms with van der Waals surface area (Å²) in [5.74, 6) is 0. The van der Waals surface area contributed by atoms with Crippen molar-refractivity contribution in [2.75, 3.05) is 13.2 Å². The first-order chi connectivity index (χ1) is 18.2.